The van der Waals surface area contributed by atoms with Crippen LogP contribution in [0.2, 0.25) is 0 Å². The van der Waals surface area contributed by atoms with Crippen molar-refractivity contribution in [1.29, 1.82) is 0 Å². The first kappa shape index (κ1) is 23.1. The van der Waals surface area contributed by atoms with Crippen LogP contribution in [0.3, 0.4) is 0 Å². The first-order valence-electron chi connectivity index (χ1n) is 11.8. The molecule has 2 saturated heterocycles. The number of unbranched alkanes of at least 4 members (excludes halogenated alkanes) is 4. The summed E-state index contributed by atoms with van der Waals surface area (Å²) in [7, 11) is 0. The molecule has 5 nitrogen and oxygen atoms in total. The van der Waals surface area contributed by atoms with E-state index < -0.39 is 5.97 Å². The fraction of sp³-hybridized carbons (Fsp3) is 0.720. The number of carboxylic acids is 1. The van der Waals surface area contributed by atoms with Crippen molar-refractivity contribution in [2.24, 2.45) is 11.8 Å². The Balaban J connectivity index is 1.37. The van der Waals surface area contributed by atoms with E-state index in [1.807, 2.05) is 18.2 Å². The Morgan fingerprint density at radius 1 is 1.10 bits per heavy atom. The molecule has 2 aliphatic rings. The predicted octanol–water partition coefficient (Wildman–Crippen LogP) is 5.25. The largest absolute Gasteiger partial charge is 0.482 e. The van der Waals surface area contributed by atoms with Gasteiger partial charge in [0, 0.05) is 12.5 Å². The second kappa shape index (κ2) is 12.3. The summed E-state index contributed by atoms with van der Waals surface area (Å²) in [5, 5.41) is 8.75. The average molecular weight is 419 g/mol. The van der Waals surface area contributed by atoms with Gasteiger partial charge in [0.15, 0.2) is 6.61 Å². The van der Waals surface area contributed by atoms with Crippen LogP contribution in [0.1, 0.15) is 70.3 Å². The highest BCUT2D eigenvalue weighted by Crippen LogP contribution is 2.45. The number of carboxylic acid groups (broad SMARTS) is 1. The molecule has 0 spiro atoms. The third kappa shape index (κ3) is 6.98. The van der Waals surface area contributed by atoms with E-state index in [1.54, 1.807) is 0 Å². The van der Waals surface area contributed by atoms with Crippen LogP contribution in [-0.2, 0) is 20.7 Å². The highest BCUT2D eigenvalue weighted by molar-refractivity contribution is 5.68. The molecule has 30 heavy (non-hydrogen) atoms. The predicted molar refractivity (Wildman–Crippen MR) is 117 cm³/mol. The van der Waals surface area contributed by atoms with Crippen molar-refractivity contribution in [3.05, 3.63) is 29.8 Å². The lowest BCUT2D eigenvalue weighted by Gasteiger charge is -2.28. The van der Waals surface area contributed by atoms with E-state index in [9.17, 15) is 4.79 Å². The van der Waals surface area contributed by atoms with Gasteiger partial charge in [0.2, 0.25) is 0 Å². The Kier molecular flexibility index (Phi) is 9.47. The summed E-state index contributed by atoms with van der Waals surface area (Å²) in [6.07, 6.45) is 12.8. The molecule has 168 valence electrons. The number of hydrogen-bond acceptors (Lipinski definition) is 4. The molecule has 0 radical (unpaired) electrons. The van der Waals surface area contributed by atoms with E-state index in [-0.39, 0.29) is 6.61 Å². The van der Waals surface area contributed by atoms with Crippen LogP contribution in [0, 0.1) is 11.8 Å². The van der Waals surface area contributed by atoms with Crippen LogP contribution >= 0.6 is 0 Å². The molecule has 4 atom stereocenters. The van der Waals surface area contributed by atoms with Gasteiger partial charge in [-0.2, -0.15) is 0 Å². The van der Waals surface area contributed by atoms with Gasteiger partial charge in [-0.1, -0.05) is 44.7 Å². The number of rotatable bonds is 15. The zero-order valence-electron chi connectivity index (χ0n) is 18.4. The summed E-state index contributed by atoms with van der Waals surface area (Å²) >= 11 is 0. The van der Waals surface area contributed by atoms with E-state index in [1.165, 1.54) is 56.9 Å². The molecular weight excluding hydrogens is 380 g/mol. The number of fused-ring (bicyclic) bond motifs is 2. The lowest BCUT2D eigenvalue weighted by molar-refractivity contribution is -0.139. The van der Waals surface area contributed by atoms with E-state index in [0.29, 0.717) is 29.8 Å². The Labute approximate surface area is 181 Å². The molecule has 2 fully saturated rings. The molecule has 3 rings (SSSR count). The lowest BCUT2D eigenvalue weighted by Crippen LogP contribution is -2.31. The minimum absolute atomic E-state index is 0.296. The summed E-state index contributed by atoms with van der Waals surface area (Å²) < 4.78 is 17.5. The summed E-state index contributed by atoms with van der Waals surface area (Å²) in [4.78, 5) is 10.7. The molecular formula is C25H38O5. The summed E-state index contributed by atoms with van der Waals surface area (Å²) in [6, 6.07) is 7.79. The minimum atomic E-state index is -0.951. The van der Waals surface area contributed by atoms with Gasteiger partial charge in [-0.3, -0.25) is 0 Å². The minimum Gasteiger partial charge on any atom is -0.482 e. The van der Waals surface area contributed by atoms with Crippen LogP contribution in [0.25, 0.3) is 0 Å². The first-order chi connectivity index (χ1) is 14.7. The number of aryl methyl sites for hydroxylation is 1. The molecule has 5 heteroatoms. The molecule has 2 heterocycles. The topological polar surface area (TPSA) is 65.0 Å². The monoisotopic (exact) mass is 418 g/mol. The summed E-state index contributed by atoms with van der Waals surface area (Å²) in [6.45, 7) is 3.69. The molecule has 0 aliphatic carbocycles. The third-order valence-electron chi connectivity index (χ3n) is 6.56. The normalized spacial score (nSPS) is 25.0. The second-order valence-corrected chi connectivity index (χ2v) is 8.83. The third-order valence-corrected chi connectivity index (χ3v) is 6.56. The van der Waals surface area contributed by atoms with E-state index in [0.717, 1.165) is 26.1 Å². The van der Waals surface area contributed by atoms with E-state index in [2.05, 4.69) is 13.0 Å². The maximum atomic E-state index is 10.7. The van der Waals surface area contributed by atoms with Gasteiger partial charge in [0.25, 0.3) is 0 Å². The molecule has 0 saturated carbocycles. The fourth-order valence-electron chi connectivity index (χ4n) is 5.00. The standard InChI is InChI=1S/C25H38O5/c1-2-3-4-7-15-28-17-22-21(23-13-14-24(22)30-23)12-6-5-9-19-10-8-11-20(16-19)29-18-25(26)27/h8,10-11,16,21-24H,2-7,9,12-15,17-18H2,1H3,(H,26,27)/t21-,22+,23-,24+/m0/s1. The lowest BCUT2D eigenvalue weighted by atomic mass is 9.77. The van der Waals surface area contributed by atoms with Crippen LogP contribution in [0.5, 0.6) is 5.75 Å². The van der Waals surface area contributed by atoms with Gasteiger partial charge in [0.1, 0.15) is 5.75 Å². The van der Waals surface area contributed by atoms with Crippen LogP contribution in [-0.4, -0.2) is 43.1 Å². The van der Waals surface area contributed by atoms with E-state index >= 15 is 0 Å². The van der Waals surface area contributed by atoms with Crippen LogP contribution in [0.4, 0.5) is 0 Å². The molecule has 0 amide bonds. The van der Waals surface area contributed by atoms with Crippen molar-refractivity contribution >= 4 is 5.97 Å². The molecule has 2 bridgehead atoms. The van der Waals surface area contributed by atoms with Crippen molar-refractivity contribution < 1.29 is 24.1 Å². The first-order valence-corrected chi connectivity index (χ1v) is 11.8. The number of ether oxygens (including phenoxy) is 3. The number of hydrogen-bond donors (Lipinski definition) is 1. The van der Waals surface area contributed by atoms with Gasteiger partial charge < -0.3 is 19.3 Å². The Morgan fingerprint density at radius 2 is 1.93 bits per heavy atom. The molecule has 1 N–H and O–H groups in total. The van der Waals surface area contributed by atoms with Crippen molar-refractivity contribution in [1.82, 2.24) is 0 Å². The van der Waals surface area contributed by atoms with Crippen LogP contribution < -0.4 is 4.74 Å². The van der Waals surface area contributed by atoms with Crippen molar-refractivity contribution in [2.45, 2.75) is 83.3 Å². The summed E-state index contributed by atoms with van der Waals surface area (Å²) in [5.74, 6) is 0.896. The van der Waals surface area contributed by atoms with Gasteiger partial charge in [-0.05, 0) is 62.1 Å². The number of aliphatic carboxylic acids is 1. The van der Waals surface area contributed by atoms with Gasteiger partial charge in [-0.15, -0.1) is 0 Å². The fourth-order valence-corrected chi connectivity index (χ4v) is 5.00. The zero-order chi connectivity index (χ0) is 21.2. The summed E-state index contributed by atoms with van der Waals surface area (Å²) in [5.41, 5.74) is 1.20. The molecule has 0 aromatic heterocycles. The average Bonchev–Trinajstić information content (AvgIpc) is 3.34. The Morgan fingerprint density at radius 3 is 2.73 bits per heavy atom. The SMILES string of the molecule is CCCCCCOC[C@@H]1[C@H](CCCCc2cccc(OCC(=O)O)c2)[C@@H]2CC[C@H]1O2. The smallest absolute Gasteiger partial charge is 0.341 e. The highest BCUT2D eigenvalue weighted by Gasteiger charge is 2.48. The highest BCUT2D eigenvalue weighted by atomic mass is 16.5. The molecule has 1 aromatic rings. The van der Waals surface area contributed by atoms with Crippen molar-refractivity contribution in [2.75, 3.05) is 19.8 Å². The maximum Gasteiger partial charge on any atom is 0.341 e. The Hall–Kier alpha value is -1.59. The maximum absolute atomic E-state index is 10.7. The van der Waals surface area contributed by atoms with Gasteiger partial charge in [-0.25, -0.2) is 4.79 Å². The van der Waals surface area contributed by atoms with Crippen molar-refractivity contribution in [3.8, 4) is 5.75 Å². The van der Waals surface area contributed by atoms with Crippen LogP contribution in [0.15, 0.2) is 24.3 Å². The quantitative estimate of drug-likeness (QED) is 0.394. The zero-order valence-corrected chi connectivity index (χ0v) is 18.4. The molecule has 2 aliphatic heterocycles. The van der Waals surface area contributed by atoms with Gasteiger partial charge >= 0.3 is 5.97 Å². The molecule has 0 unspecified atom stereocenters. The van der Waals surface area contributed by atoms with Gasteiger partial charge in [0.05, 0.1) is 18.8 Å². The van der Waals surface area contributed by atoms with Crippen molar-refractivity contribution in [3.63, 3.8) is 0 Å². The molecule has 1 aromatic carbocycles. The van der Waals surface area contributed by atoms with E-state index in [4.69, 9.17) is 19.3 Å². The number of benzene rings is 1. The number of carbonyl (C=O) groups is 1. The second-order valence-electron chi connectivity index (χ2n) is 8.83. The Bertz CT molecular complexity index is 646.